The molecule has 10 nitrogen and oxygen atoms in total. The van der Waals surface area contributed by atoms with Gasteiger partial charge >= 0.3 is 12.2 Å². The van der Waals surface area contributed by atoms with Crippen molar-refractivity contribution in [1.82, 2.24) is 5.32 Å². The lowest BCUT2D eigenvalue weighted by atomic mass is 9.83. The first-order valence-corrected chi connectivity index (χ1v) is 13.7. The molecule has 2 amide bonds. The van der Waals surface area contributed by atoms with Crippen LogP contribution in [0.5, 0.6) is 17.2 Å². The van der Waals surface area contributed by atoms with Crippen LogP contribution >= 0.6 is 0 Å². The maximum atomic E-state index is 12.6. The van der Waals surface area contributed by atoms with Crippen molar-refractivity contribution in [3.05, 3.63) is 53.6 Å². The van der Waals surface area contributed by atoms with E-state index in [1.165, 1.54) is 0 Å². The molecule has 2 unspecified atom stereocenters. The normalized spacial score (nSPS) is 12.7. The second kappa shape index (κ2) is 16.2. The van der Waals surface area contributed by atoms with Crippen LogP contribution in [0.15, 0.2) is 42.5 Å². The van der Waals surface area contributed by atoms with E-state index >= 15 is 0 Å². The first-order valence-electron chi connectivity index (χ1n) is 13.7. The quantitative estimate of drug-likeness (QED) is 0.125. The molecule has 0 fully saturated rings. The van der Waals surface area contributed by atoms with Gasteiger partial charge in [0.25, 0.3) is 5.91 Å². The van der Waals surface area contributed by atoms with Crippen molar-refractivity contribution in [2.45, 2.75) is 54.1 Å². The SMILES string of the molecule is CCOc1cc(C=Cc2ccc(OC(=O)OCCNC(=O)C(OC(N)=O)C(C)CC(C)(C)C)cc2)cc(OCC)c1. The molecule has 0 aliphatic rings. The third-order valence-electron chi connectivity index (χ3n) is 5.65. The Balaban J connectivity index is 1.85. The summed E-state index contributed by atoms with van der Waals surface area (Å²) in [6.07, 6.45) is 1.50. The fraction of sp³-hybridized carbons (Fsp3) is 0.452. The summed E-state index contributed by atoms with van der Waals surface area (Å²) in [6, 6.07) is 12.6. The summed E-state index contributed by atoms with van der Waals surface area (Å²) in [7, 11) is 0. The highest BCUT2D eigenvalue weighted by Crippen LogP contribution is 2.27. The number of primary amides is 1. The molecule has 224 valence electrons. The van der Waals surface area contributed by atoms with E-state index in [2.05, 4.69) is 5.32 Å². The molecule has 0 aliphatic carbocycles. The average molecular weight is 571 g/mol. The molecule has 0 aromatic heterocycles. The molecular formula is C31H42N2O8. The smallest absolute Gasteiger partial charge is 0.494 e. The summed E-state index contributed by atoms with van der Waals surface area (Å²) < 4.78 is 26.5. The van der Waals surface area contributed by atoms with E-state index in [4.69, 9.17) is 29.4 Å². The fourth-order valence-electron chi connectivity index (χ4n) is 4.19. The zero-order valence-electron chi connectivity index (χ0n) is 24.7. The third-order valence-corrected chi connectivity index (χ3v) is 5.65. The van der Waals surface area contributed by atoms with Crippen LogP contribution in [-0.2, 0) is 14.3 Å². The van der Waals surface area contributed by atoms with Gasteiger partial charge in [-0.1, -0.05) is 52.0 Å². The van der Waals surface area contributed by atoms with E-state index in [0.717, 1.165) is 22.6 Å². The molecule has 0 saturated carbocycles. The van der Waals surface area contributed by atoms with Crippen molar-refractivity contribution in [2.75, 3.05) is 26.4 Å². The molecule has 3 N–H and O–H groups in total. The lowest BCUT2D eigenvalue weighted by Crippen LogP contribution is -2.44. The van der Waals surface area contributed by atoms with Crippen LogP contribution in [0, 0.1) is 11.3 Å². The summed E-state index contributed by atoms with van der Waals surface area (Å²) in [5, 5.41) is 2.60. The van der Waals surface area contributed by atoms with E-state index in [0.29, 0.717) is 25.4 Å². The molecule has 0 aliphatic heterocycles. The van der Waals surface area contributed by atoms with Crippen LogP contribution in [0.4, 0.5) is 9.59 Å². The molecule has 0 saturated heterocycles. The van der Waals surface area contributed by atoms with Gasteiger partial charge in [0.1, 0.15) is 23.9 Å². The first kappa shape index (κ1) is 33.0. The molecule has 2 aromatic carbocycles. The number of nitrogens with two attached hydrogens (primary N) is 1. The van der Waals surface area contributed by atoms with Crippen molar-refractivity contribution in [2.24, 2.45) is 17.1 Å². The maximum absolute atomic E-state index is 12.6. The van der Waals surface area contributed by atoms with Gasteiger partial charge in [-0.2, -0.15) is 0 Å². The highest BCUT2D eigenvalue weighted by Gasteiger charge is 2.31. The van der Waals surface area contributed by atoms with Gasteiger partial charge in [0, 0.05) is 12.0 Å². The van der Waals surface area contributed by atoms with Crippen molar-refractivity contribution in [1.29, 1.82) is 0 Å². The van der Waals surface area contributed by atoms with Crippen molar-refractivity contribution < 1.29 is 38.1 Å². The minimum atomic E-state index is -1.05. The van der Waals surface area contributed by atoms with Crippen LogP contribution < -0.4 is 25.3 Å². The largest absolute Gasteiger partial charge is 0.513 e. The Bertz CT molecular complexity index is 1150. The zero-order valence-corrected chi connectivity index (χ0v) is 24.7. The molecule has 0 spiro atoms. The maximum Gasteiger partial charge on any atom is 0.513 e. The number of carbonyl (C=O) groups is 3. The van der Waals surface area contributed by atoms with E-state index in [-0.39, 0.29) is 24.5 Å². The van der Waals surface area contributed by atoms with Gasteiger partial charge in [-0.15, -0.1) is 0 Å². The van der Waals surface area contributed by atoms with Gasteiger partial charge in [0.2, 0.25) is 0 Å². The van der Waals surface area contributed by atoms with Gasteiger partial charge in [-0.05, 0) is 61.1 Å². The molecule has 2 rings (SSSR count). The van der Waals surface area contributed by atoms with E-state index < -0.39 is 24.3 Å². The van der Waals surface area contributed by atoms with Crippen LogP contribution in [0.1, 0.15) is 59.1 Å². The van der Waals surface area contributed by atoms with Gasteiger partial charge in [-0.3, -0.25) is 4.79 Å². The Morgan fingerprint density at radius 3 is 2.02 bits per heavy atom. The second-order valence-corrected chi connectivity index (χ2v) is 10.6. The number of carbonyl (C=O) groups excluding carboxylic acids is 3. The van der Waals surface area contributed by atoms with Gasteiger partial charge in [0.05, 0.1) is 19.8 Å². The first-order chi connectivity index (χ1) is 19.4. The van der Waals surface area contributed by atoms with Gasteiger partial charge < -0.3 is 34.7 Å². The van der Waals surface area contributed by atoms with Crippen LogP contribution in [0.3, 0.4) is 0 Å². The minimum absolute atomic E-state index is 0.00797. The third kappa shape index (κ3) is 12.7. The molecule has 10 heteroatoms. The van der Waals surface area contributed by atoms with Crippen LogP contribution in [-0.4, -0.2) is 50.6 Å². The Labute approximate surface area is 242 Å². The zero-order chi connectivity index (χ0) is 30.4. The average Bonchev–Trinajstić information content (AvgIpc) is 2.88. The monoisotopic (exact) mass is 570 g/mol. The highest BCUT2D eigenvalue weighted by molar-refractivity contribution is 5.83. The number of nitrogens with one attached hydrogen (secondary N) is 1. The van der Waals surface area contributed by atoms with E-state index in [1.807, 2.05) is 71.9 Å². The van der Waals surface area contributed by atoms with E-state index in [9.17, 15) is 14.4 Å². The van der Waals surface area contributed by atoms with Crippen molar-refractivity contribution in [3.8, 4) is 17.2 Å². The summed E-state index contributed by atoms with van der Waals surface area (Å²) in [5.74, 6) is 0.987. The summed E-state index contributed by atoms with van der Waals surface area (Å²) >= 11 is 0. The van der Waals surface area contributed by atoms with Crippen LogP contribution in [0.25, 0.3) is 12.2 Å². The topological polar surface area (TPSA) is 135 Å². The molecular weight excluding hydrogens is 528 g/mol. The number of hydrogen-bond acceptors (Lipinski definition) is 8. The Hall–Kier alpha value is -4.21. The van der Waals surface area contributed by atoms with Crippen molar-refractivity contribution >= 4 is 30.3 Å². The minimum Gasteiger partial charge on any atom is -0.494 e. The lowest BCUT2D eigenvalue weighted by molar-refractivity contribution is -0.132. The second-order valence-electron chi connectivity index (χ2n) is 10.6. The molecule has 0 radical (unpaired) electrons. The van der Waals surface area contributed by atoms with E-state index in [1.54, 1.807) is 24.3 Å². The molecule has 0 heterocycles. The Kier molecular flexibility index (Phi) is 13.0. The summed E-state index contributed by atoms with van der Waals surface area (Å²) in [4.78, 5) is 36.0. The highest BCUT2D eigenvalue weighted by atomic mass is 16.7. The number of hydrogen-bond donors (Lipinski definition) is 2. The Morgan fingerprint density at radius 2 is 1.49 bits per heavy atom. The predicted molar refractivity (Wildman–Crippen MR) is 157 cm³/mol. The van der Waals surface area contributed by atoms with Crippen LogP contribution in [0.2, 0.25) is 0 Å². The summed E-state index contributed by atoms with van der Waals surface area (Å²) in [6.45, 7) is 12.7. The predicted octanol–water partition coefficient (Wildman–Crippen LogP) is 5.82. The standard InChI is InChI=1S/C31H42N2O8/c1-7-37-25-17-23(18-26(19-25)38-8-2)10-9-22-11-13-24(14-12-22)40-30(36)39-16-15-33-28(34)27(41-29(32)35)21(3)20-31(4,5)6/h9-14,17-19,21,27H,7-8,15-16,20H2,1-6H3,(H2,32,35)(H,33,34). The number of benzene rings is 2. The number of ether oxygens (including phenoxy) is 5. The van der Waals surface area contributed by atoms with Crippen molar-refractivity contribution in [3.63, 3.8) is 0 Å². The summed E-state index contributed by atoms with van der Waals surface area (Å²) in [5.41, 5.74) is 6.88. The number of amides is 2. The van der Waals surface area contributed by atoms with Gasteiger partial charge in [-0.25, -0.2) is 9.59 Å². The fourth-order valence-corrected chi connectivity index (χ4v) is 4.19. The molecule has 41 heavy (non-hydrogen) atoms. The Morgan fingerprint density at radius 1 is 0.902 bits per heavy atom. The molecule has 0 bridgehead atoms. The molecule has 2 aromatic rings. The lowest BCUT2D eigenvalue weighted by Gasteiger charge is -2.28. The van der Waals surface area contributed by atoms with Gasteiger partial charge in [0.15, 0.2) is 6.10 Å². The number of rotatable bonds is 14. The molecule has 2 atom stereocenters.